The number of benzene rings is 3. The van der Waals surface area contributed by atoms with E-state index in [1.165, 1.54) is 17.0 Å². The van der Waals surface area contributed by atoms with Crippen molar-refractivity contribution >= 4 is 17.7 Å². The number of aryl methyl sites for hydroxylation is 1. The second kappa shape index (κ2) is 11.3. The molecule has 0 aromatic heterocycles. The number of carboxylic acid groups (broad SMARTS) is 1. The standard InChI is InChI=1S/C29H32FN3O4/c1-19(2)26-18-32(15-16-33(26)29(35)36)28(34)27(21-9-11-22(30)12-10-21)31-25-14-13-24(17-20(25)3)37-23-7-5-4-6-8-23/h4-14,17,19,26-27,31H,15-16,18H2,1-3H3,(H,35,36). The number of nitrogens with one attached hydrogen (secondary N) is 1. The molecule has 2 atom stereocenters. The van der Waals surface area contributed by atoms with Gasteiger partial charge in [0.1, 0.15) is 23.4 Å². The third kappa shape index (κ3) is 6.20. The number of halogens is 1. The van der Waals surface area contributed by atoms with Gasteiger partial charge in [0.15, 0.2) is 0 Å². The van der Waals surface area contributed by atoms with Gasteiger partial charge in [-0.3, -0.25) is 4.79 Å². The summed E-state index contributed by atoms with van der Waals surface area (Å²) >= 11 is 0. The van der Waals surface area contributed by atoms with Gasteiger partial charge in [-0.05, 0) is 66.4 Å². The zero-order valence-corrected chi connectivity index (χ0v) is 21.2. The fraction of sp³-hybridized carbons (Fsp3) is 0.310. The molecule has 0 bridgehead atoms. The number of anilines is 1. The minimum atomic E-state index is -0.979. The van der Waals surface area contributed by atoms with Crippen molar-refractivity contribution in [3.63, 3.8) is 0 Å². The summed E-state index contributed by atoms with van der Waals surface area (Å²) in [4.78, 5) is 28.7. The largest absolute Gasteiger partial charge is 0.465 e. The van der Waals surface area contributed by atoms with E-state index in [9.17, 15) is 19.1 Å². The number of piperazine rings is 1. The molecule has 8 heteroatoms. The Labute approximate surface area is 216 Å². The molecule has 3 aromatic carbocycles. The van der Waals surface area contributed by atoms with Crippen molar-refractivity contribution in [3.05, 3.63) is 89.7 Å². The van der Waals surface area contributed by atoms with Crippen LogP contribution in [0.1, 0.15) is 31.0 Å². The zero-order valence-electron chi connectivity index (χ0n) is 21.2. The van der Waals surface area contributed by atoms with Crippen LogP contribution in [-0.2, 0) is 4.79 Å². The number of nitrogens with zero attached hydrogens (tertiary/aromatic N) is 2. The van der Waals surface area contributed by atoms with Gasteiger partial charge in [0.2, 0.25) is 5.91 Å². The van der Waals surface area contributed by atoms with Crippen molar-refractivity contribution in [2.75, 3.05) is 25.0 Å². The number of hydrogen-bond donors (Lipinski definition) is 2. The first kappa shape index (κ1) is 26.0. The molecule has 1 aliphatic rings. The monoisotopic (exact) mass is 505 g/mol. The maximum atomic E-state index is 13.8. The molecule has 2 N–H and O–H groups in total. The predicted molar refractivity (Wildman–Crippen MR) is 140 cm³/mol. The lowest BCUT2D eigenvalue weighted by Crippen LogP contribution is -2.59. The van der Waals surface area contributed by atoms with Crippen molar-refractivity contribution < 1.29 is 23.8 Å². The van der Waals surface area contributed by atoms with E-state index in [0.29, 0.717) is 17.9 Å². The van der Waals surface area contributed by atoms with Crippen molar-refractivity contribution in [1.82, 2.24) is 9.80 Å². The summed E-state index contributed by atoms with van der Waals surface area (Å²) in [5.74, 6) is 0.865. The van der Waals surface area contributed by atoms with Crippen molar-refractivity contribution in [2.45, 2.75) is 32.9 Å². The Morgan fingerprint density at radius 1 is 1.00 bits per heavy atom. The maximum absolute atomic E-state index is 13.8. The lowest BCUT2D eigenvalue weighted by molar-refractivity contribution is -0.135. The van der Waals surface area contributed by atoms with Crippen LogP contribution in [0.3, 0.4) is 0 Å². The molecule has 1 heterocycles. The molecular formula is C29H32FN3O4. The first-order chi connectivity index (χ1) is 17.7. The highest BCUT2D eigenvalue weighted by Gasteiger charge is 2.36. The lowest BCUT2D eigenvalue weighted by Gasteiger charge is -2.43. The Bertz CT molecular complexity index is 1230. The summed E-state index contributed by atoms with van der Waals surface area (Å²) < 4.78 is 19.6. The minimum absolute atomic E-state index is 0.0448. The highest BCUT2D eigenvalue weighted by molar-refractivity contribution is 5.87. The number of ether oxygens (including phenoxy) is 1. The third-order valence-electron chi connectivity index (χ3n) is 6.67. The van der Waals surface area contributed by atoms with Crippen LogP contribution >= 0.6 is 0 Å². The van der Waals surface area contributed by atoms with E-state index in [1.54, 1.807) is 17.0 Å². The number of carbonyl (C=O) groups excluding carboxylic acids is 1. The van der Waals surface area contributed by atoms with Crippen LogP contribution in [0.4, 0.5) is 14.9 Å². The molecule has 2 unspecified atom stereocenters. The number of hydrogen-bond acceptors (Lipinski definition) is 4. The number of rotatable bonds is 7. The molecule has 1 saturated heterocycles. The Hall–Kier alpha value is -4.07. The molecule has 2 amide bonds. The average molecular weight is 506 g/mol. The quantitative estimate of drug-likeness (QED) is 0.416. The SMILES string of the molecule is Cc1cc(Oc2ccccc2)ccc1NC(C(=O)N1CCN(C(=O)O)C(C(C)C)C1)c1ccc(F)cc1. The first-order valence-electron chi connectivity index (χ1n) is 12.4. The maximum Gasteiger partial charge on any atom is 0.407 e. The van der Waals surface area contributed by atoms with E-state index in [-0.39, 0.29) is 36.8 Å². The van der Waals surface area contributed by atoms with Gasteiger partial charge in [-0.15, -0.1) is 0 Å². The van der Waals surface area contributed by atoms with Crippen LogP contribution in [0.25, 0.3) is 0 Å². The van der Waals surface area contributed by atoms with Crippen LogP contribution in [0.5, 0.6) is 11.5 Å². The molecule has 194 valence electrons. The summed E-state index contributed by atoms with van der Waals surface area (Å²) in [5, 5.41) is 13.0. The summed E-state index contributed by atoms with van der Waals surface area (Å²) in [6.07, 6.45) is -0.979. The topological polar surface area (TPSA) is 82.1 Å². The van der Waals surface area contributed by atoms with E-state index in [0.717, 1.165) is 17.0 Å². The molecular weight excluding hydrogens is 473 g/mol. The van der Waals surface area contributed by atoms with E-state index >= 15 is 0 Å². The second-order valence-electron chi connectivity index (χ2n) is 9.59. The Morgan fingerprint density at radius 2 is 1.70 bits per heavy atom. The Morgan fingerprint density at radius 3 is 2.32 bits per heavy atom. The van der Waals surface area contributed by atoms with E-state index < -0.39 is 12.1 Å². The summed E-state index contributed by atoms with van der Waals surface area (Å²) in [5.41, 5.74) is 2.24. The smallest absolute Gasteiger partial charge is 0.407 e. The summed E-state index contributed by atoms with van der Waals surface area (Å²) in [6, 6.07) is 19.8. The van der Waals surface area contributed by atoms with Crippen LogP contribution in [0.2, 0.25) is 0 Å². The van der Waals surface area contributed by atoms with Crippen molar-refractivity contribution in [1.29, 1.82) is 0 Å². The number of amides is 2. The molecule has 37 heavy (non-hydrogen) atoms. The van der Waals surface area contributed by atoms with Crippen LogP contribution in [0.15, 0.2) is 72.8 Å². The fourth-order valence-electron chi connectivity index (χ4n) is 4.59. The highest BCUT2D eigenvalue weighted by Crippen LogP contribution is 2.30. The highest BCUT2D eigenvalue weighted by atomic mass is 19.1. The molecule has 4 rings (SSSR count). The zero-order chi connectivity index (χ0) is 26.5. The normalized spacial score (nSPS) is 16.4. The van der Waals surface area contributed by atoms with E-state index in [1.807, 2.05) is 69.3 Å². The summed E-state index contributed by atoms with van der Waals surface area (Å²) in [7, 11) is 0. The molecule has 7 nitrogen and oxygen atoms in total. The van der Waals surface area contributed by atoms with Gasteiger partial charge in [0.05, 0.1) is 6.04 Å². The molecule has 1 fully saturated rings. The van der Waals surface area contributed by atoms with E-state index in [4.69, 9.17) is 4.74 Å². The number of para-hydroxylation sites is 1. The van der Waals surface area contributed by atoms with Crippen LogP contribution in [0, 0.1) is 18.7 Å². The van der Waals surface area contributed by atoms with E-state index in [2.05, 4.69) is 5.32 Å². The second-order valence-corrected chi connectivity index (χ2v) is 9.59. The molecule has 0 aliphatic carbocycles. The fourth-order valence-corrected chi connectivity index (χ4v) is 4.59. The predicted octanol–water partition coefficient (Wildman–Crippen LogP) is 5.93. The lowest BCUT2D eigenvalue weighted by atomic mass is 9.98. The summed E-state index contributed by atoms with van der Waals surface area (Å²) in [6.45, 7) is 6.65. The molecule has 0 spiro atoms. The third-order valence-corrected chi connectivity index (χ3v) is 6.67. The van der Waals surface area contributed by atoms with Gasteiger partial charge >= 0.3 is 6.09 Å². The Kier molecular flexibility index (Phi) is 7.96. The molecule has 3 aromatic rings. The van der Waals surface area contributed by atoms with Gasteiger partial charge in [0.25, 0.3) is 0 Å². The number of carbonyl (C=O) groups is 2. The van der Waals surface area contributed by atoms with Gasteiger partial charge in [0, 0.05) is 25.3 Å². The molecule has 0 saturated carbocycles. The average Bonchev–Trinajstić information content (AvgIpc) is 2.89. The van der Waals surface area contributed by atoms with Gasteiger partial charge < -0.3 is 25.0 Å². The molecule has 0 radical (unpaired) electrons. The van der Waals surface area contributed by atoms with Crippen molar-refractivity contribution in [3.8, 4) is 11.5 Å². The molecule has 1 aliphatic heterocycles. The van der Waals surface area contributed by atoms with Gasteiger partial charge in [-0.25, -0.2) is 9.18 Å². The first-order valence-corrected chi connectivity index (χ1v) is 12.4. The van der Waals surface area contributed by atoms with Gasteiger partial charge in [-0.1, -0.05) is 44.2 Å². The minimum Gasteiger partial charge on any atom is -0.465 e. The van der Waals surface area contributed by atoms with Crippen LogP contribution < -0.4 is 10.1 Å². The van der Waals surface area contributed by atoms with Gasteiger partial charge in [-0.2, -0.15) is 0 Å². The Balaban J connectivity index is 1.58. The van der Waals surface area contributed by atoms with Crippen molar-refractivity contribution in [2.24, 2.45) is 5.92 Å². The van der Waals surface area contributed by atoms with Crippen LogP contribution in [-0.4, -0.2) is 52.6 Å².